The number of hydrogen-bond acceptors (Lipinski definition) is 4. The Kier molecular flexibility index (Phi) is 9.26. The summed E-state index contributed by atoms with van der Waals surface area (Å²) in [4.78, 5) is 12.5. The number of ether oxygens (including phenoxy) is 3. The number of benzene rings is 3. The molecule has 0 fully saturated rings. The third-order valence-electron chi connectivity index (χ3n) is 5.71. The van der Waals surface area contributed by atoms with Crippen molar-refractivity contribution in [3.63, 3.8) is 0 Å². The molecule has 0 unspecified atom stereocenters. The minimum atomic E-state index is -4.96. The molecule has 11 heteroatoms. The molecule has 0 spiro atoms. The van der Waals surface area contributed by atoms with Crippen LogP contribution in [-0.4, -0.2) is 38.9 Å². The molecule has 0 saturated carbocycles. The Hall–Kier alpha value is -3.73. The molecular formula is C27H25F6NO4. The molecule has 1 N–H and O–H groups in total. The number of methoxy groups -OCH3 is 1. The van der Waals surface area contributed by atoms with E-state index in [9.17, 15) is 31.1 Å². The number of alkyl halides is 6. The highest BCUT2D eigenvalue weighted by Gasteiger charge is 2.38. The SMILES string of the molecule is COCCC(=O)NCC(Cc1ccccc1)(c1cccc(OC(F)(F)F)c1)c1cccc(OC(F)(F)F)c1. The lowest BCUT2D eigenvalue weighted by Crippen LogP contribution is -2.43. The molecule has 0 radical (unpaired) electrons. The predicted octanol–water partition coefficient (Wildman–Crippen LogP) is 6.17. The lowest BCUT2D eigenvalue weighted by atomic mass is 9.70. The number of hydrogen-bond donors (Lipinski definition) is 1. The maximum atomic E-state index is 13.0. The molecular weight excluding hydrogens is 516 g/mol. The lowest BCUT2D eigenvalue weighted by Gasteiger charge is -2.36. The van der Waals surface area contributed by atoms with Gasteiger partial charge in [-0.25, -0.2) is 0 Å². The highest BCUT2D eigenvalue weighted by molar-refractivity contribution is 5.76. The van der Waals surface area contributed by atoms with E-state index in [1.165, 1.54) is 31.4 Å². The number of halogens is 6. The van der Waals surface area contributed by atoms with Gasteiger partial charge in [0.2, 0.25) is 5.91 Å². The maximum Gasteiger partial charge on any atom is 0.573 e. The average Bonchev–Trinajstić information content (AvgIpc) is 2.84. The topological polar surface area (TPSA) is 56.8 Å². The molecule has 0 aliphatic rings. The van der Waals surface area contributed by atoms with Crippen LogP contribution in [0.4, 0.5) is 26.3 Å². The standard InChI is InChI=1S/C27H25F6NO4/c1-36-14-13-24(35)34-18-25(17-19-7-3-2-4-8-19,20-9-5-11-22(15-20)37-26(28,29)30)21-10-6-12-23(16-21)38-27(31,32)33/h2-12,15-16H,13-14,17-18H2,1H3,(H,34,35). The Morgan fingerprint density at radius 3 is 1.76 bits per heavy atom. The Morgan fingerprint density at radius 1 is 0.763 bits per heavy atom. The molecule has 38 heavy (non-hydrogen) atoms. The summed E-state index contributed by atoms with van der Waals surface area (Å²) >= 11 is 0. The minimum Gasteiger partial charge on any atom is -0.406 e. The molecule has 3 aromatic carbocycles. The van der Waals surface area contributed by atoms with Gasteiger partial charge in [0, 0.05) is 25.5 Å². The van der Waals surface area contributed by atoms with Crippen molar-refractivity contribution in [3.8, 4) is 11.5 Å². The summed E-state index contributed by atoms with van der Waals surface area (Å²) < 4.78 is 91.2. The Morgan fingerprint density at radius 2 is 1.29 bits per heavy atom. The lowest BCUT2D eigenvalue weighted by molar-refractivity contribution is -0.275. The van der Waals surface area contributed by atoms with E-state index >= 15 is 0 Å². The highest BCUT2D eigenvalue weighted by atomic mass is 19.4. The minimum absolute atomic E-state index is 0.00632. The number of nitrogens with one attached hydrogen (secondary N) is 1. The molecule has 3 aromatic rings. The van der Waals surface area contributed by atoms with Gasteiger partial charge < -0.3 is 19.5 Å². The Labute approximate surface area is 215 Å². The fourth-order valence-electron chi connectivity index (χ4n) is 4.10. The first-order valence-electron chi connectivity index (χ1n) is 11.4. The molecule has 0 aliphatic heterocycles. The highest BCUT2D eigenvalue weighted by Crippen LogP contribution is 2.39. The number of carbonyl (C=O) groups excluding carboxylic acids is 1. The van der Waals surface area contributed by atoms with Crippen molar-refractivity contribution < 1.29 is 45.3 Å². The zero-order chi connectivity index (χ0) is 27.8. The van der Waals surface area contributed by atoms with E-state index in [1.807, 2.05) is 0 Å². The molecule has 0 heterocycles. The van der Waals surface area contributed by atoms with Crippen LogP contribution >= 0.6 is 0 Å². The fraction of sp³-hybridized carbons (Fsp3) is 0.296. The third-order valence-corrected chi connectivity index (χ3v) is 5.71. The van der Waals surface area contributed by atoms with Gasteiger partial charge in [-0.1, -0.05) is 54.6 Å². The summed E-state index contributed by atoms with van der Waals surface area (Å²) in [5, 5.41) is 2.77. The summed E-state index contributed by atoms with van der Waals surface area (Å²) in [5.74, 6) is -1.43. The first-order valence-corrected chi connectivity index (χ1v) is 11.4. The quantitative estimate of drug-likeness (QED) is 0.295. The third kappa shape index (κ3) is 8.41. The van der Waals surface area contributed by atoms with Crippen molar-refractivity contribution in [2.45, 2.75) is 31.0 Å². The van der Waals surface area contributed by atoms with E-state index in [0.717, 1.165) is 29.8 Å². The zero-order valence-corrected chi connectivity index (χ0v) is 20.2. The smallest absolute Gasteiger partial charge is 0.406 e. The van der Waals surface area contributed by atoms with Crippen LogP contribution < -0.4 is 14.8 Å². The fourth-order valence-corrected chi connectivity index (χ4v) is 4.10. The van der Waals surface area contributed by atoms with E-state index in [1.54, 1.807) is 30.3 Å². The van der Waals surface area contributed by atoms with Gasteiger partial charge in [-0.15, -0.1) is 26.3 Å². The van der Waals surface area contributed by atoms with Crippen molar-refractivity contribution in [3.05, 3.63) is 95.6 Å². The van der Waals surface area contributed by atoms with Crippen LogP contribution in [0.25, 0.3) is 0 Å². The largest absolute Gasteiger partial charge is 0.573 e. The van der Waals surface area contributed by atoms with E-state index in [2.05, 4.69) is 14.8 Å². The summed E-state index contributed by atoms with van der Waals surface area (Å²) in [6.45, 7) is -0.0310. The van der Waals surface area contributed by atoms with Gasteiger partial charge in [0.15, 0.2) is 0 Å². The predicted molar refractivity (Wildman–Crippen MR) is 127 cm³/mol. The molecule has 204 valence electrons. The van der Waals surface area contributed by atoms with E-state index in [0.29, 0.717) is 0 Å². The van der Waals surface area contributed by atoms with Crippen molar-refractivity contribution in [1.29, 1.82) is 0 Å². The van der Waals surface area contributed by atoms with Crippen molar-refractivity contribution in [2.24, 2.45) is 0 Å². The Bertz CT molecular complexity index is 1140. The van der Waals surface area contributed by atoms with Gasteiger partial charge in [-0.2, -0.15) is 0 Å². The summed E-state index contributed by atoms with van der Waals surface area (Å²) in [6.07, 6.45) is -9.80. The van der Waals surface area contributed by atoms with Crippen LogP contribution in [0.3, 0.4) is 0 Å². The monoisotopic (exact) mass is 541 g/mol. The van der Waals surface area contributed by atoms with Crippen molar-refractivity contribution in [2.75, 3.05) is 20.3 Å². The molecule has 0 saturated heterocycles. The Balaban J connectivity index is 2.19. The molecule has 0 bridgehead atoms. The van der Waals surface area contributed by atoms with Crippen LogP contribution in [0.15, 0.2) is 78.9 Å². The van der Waals surface area contributed by atoms with Crippen LogP contribution in [0.1, 0.15) is 23.1 Å². The van der Waals surface area contributed by atoms with Crippen molar-refractivity contribution in [1.82, 2.24) is 5.32 Å². The number of carbonyl (C=O) groups is 1. The van der Waals surface area contributed by atoms with Gasteiger partial charge in [0.25, 0.3) is 0 Å². The van der Waals surface area contributed by atoms with Gasteiger partial charge >= 0.3 is 12.7 Å². The van der Waals surface area contributed by atoms with Crippen molar-refractivity contribution >= 4 is 5.91 Å². The summed E-state index contributed by atoms with van der Waals surface area (Å²) in [6, 6.07) is 19.1. The first-order chi connectivity index (χ1) is 17.9. The van der Waals surface area contributed by atoms with E-state index < -0.39 is 35.5 Å². The number of rotatable bonds is 11. The average molecular weight is 541 g/mol. The van der Waals surface area contributed by atoms with Crippen LogP contribution in [0, 0.1) is 0 Å². The molecule has 0 aromatic heterocycles. The van der Waals surface area contributed by atoms with Crippen LogP contribution in [-0.2, 0) is 21.4 Å². The molecule has 3 rings (SSSR count). The molecule has 5 nitrogen and oxygen atoms in total. The maximum absolute atomic E-state index is 13.0. The second kappa shape index (κ2) is 12.2. The molecule has 0 atom stereocenters. The number of amides is 1. The van der Waals surface area contributed by atoms with Gasteiger partial charge in [0.1, 0.15) is 11.5 Å². The van der Waals surface area contributed by atoms with Gasteiger partial charge in [0.05, 0.1) is 6.61 Å². The van der Waals surface area contributed by atoms with Crippen LogP contribution in [0.5, 0.6) is 11.5 Å². The first kappa shape index (κ1) is 28.8. The summed E-state index contributed by atoms with van der Waals surface area (Å²) in [7, 11) is 1.42. The van der Waals surface area contributed by atoms with Crippen LogP contribution in [0.2, 0.25) is 0 Å². The van der Waals surface area contributed by atoms with E-state index in [4.69, 9.17) is 4.74 Å². The second-order valence-corrected chi connectivity index (χ2v) is 8.42. The second-order valence-electron chi connectivity index (χ2n) is 8.42. The van der Waals surface area contributed by atoms with Gasteiger partial charge in [-0.05, 0) is 47.4 Å². The van der Waals surface area contributed by atoms with E-state index in [-0.39, 0.29) is 37.1 Å². The molecule has 0 aliphatic carbocycles. The molecule has 1 amide bonds. The normalized spacial score (nSPS) is 12.2. The van der Waals surface area contributed by atoms with Gasteiger partial charge in [-0.3, -0.25) is 4.79 Å². The zero-order valence-electron chi connectivity index (χ0n) is 20.2. The summed E-state index contributed by atoms with van der Waals surface area (Å²) in [5.41, 5.74) is -0.0402.